The Hall–Kier alpha value is -3.48. The molecule has 1 spiro atoms. The lowest BCUT2D eigenvalue weighted by atomic mass is 9.86. The van der Waals surface area contributed by atoms with E-state index in [1.54, 1.807) is 24.5 Å². The average Bonchev–Trinajstić information content (AvgIpc) is 3.22. The summed E-state index contributed by atoms with van der Waals surface area (Å²) in [6.45, 7) is 5.33. The van der Waals surface area contributed by atoms with Crippen LogP contribution in [0, 0.1) is 6.92 Å². The van der Waals surface area contributed by atoms with Gasteiger partial charge in [-0.15, -0.1) is 0 Å². The topological polar surface area (TPSA) is 91.2 Å². The van der Waals surface area contributed by atoms with Gasteiger partial charge in [0.1, 0.15) is 11.6 Å². The summed E-state index contributed by atoms with van der Waals surface area (Å²) < 4.78 is 0. The molecule has 0 radical (unpaired) electrons. The Kier molecular flexibility index (Phi) is 5.04. The molecule has 2 aromatic heterocycles. The summed E-state index contributed by atoms with van der Waals surface area (Å²) >= 11 is 0. The number of aryl methyl sites for hydroxylation is 2. The van der Waals surface area contributed by atoms with Gasteiger partial charge in [0, 0.05) is 31.0 Å². The second kappa shape index (κ2) is 7.89. The van der Waals surface area contributed by atoms with Gasteiger partial charge in [0.05, 0.1) is 17.2 Å². The number of fused-ring (bicyclic) bond motifs is 1. The fourth-order valence-electron chi connectivity index (χ4n) is 4.84. The first-order chi connectivity index (χ1) is 15.4. The molecule has 2 N–H and O–H groups in total. The highest BCUT2D eigenvalue weighted by molar-refractivity contribution is 5.84. The Morgan fingerprint density at radius 2 is 1.94 bits per heavy atom. The molecular weight excluding hydrogens is 402 g/mol. The van der Waals surface area contributed by atoms with Gasteiger partial charge in [-0.05, 0) is 68.5 Å². The van der Waals surface area contributed by atoms with Crippen molar-refractivity contribution in [2.75, 3.05) is 18.4 Å². The van der Waals surface area contributed by atoms with E-state index in [1.807, 2.05) is 36.9 Å². The van der Waals surface area contributed by atoms with E-state index in [4.69, 9.17) is 4.98 Å². The van der Waals surface area contributed by atoms with Gasteiger partial charge in [-0.25, -0.2) is 15.0 Å². The summed E-state index contributed by atoms with van der Waals surface area (Å²) in [5, 5.41) is 13.2. The Morgan fingerprint density at radius 1 is 1.19 bits per heavy atom. The van der Waals surface area contributed by atoms with Crippen molar-refractivity contribution in [3.05, 3.63) is 65.6 Å². The molecule has 32 heavy (non-hydrogen) atoms. The Morgan fingerprint density at radius 3 is 2.69 bits per heavy atom. The Balaban J connectivity index is 1.33. The first-order valence-electron chi connectivity index (χ1n) is 11.1. The summed E-state index contributed by atoms with van der Waals surface area (Å²) in [6.07, 6.45) is 6.27. The summed E-state index contributed by atoms with van der Waals surface area (Å²) in [4.78, 5) is 28.7. The summed E-state index contributed by atoms with van der Waals surface area (Å²) in [5.41, 5.74) is 3.82. The zero-order chi connectivity index (χ0) is 22.3. The second-order valence-corrected chi connectivity index (χ2v) is 8.93. The number of aromatic hydroxyl groups is 1. The van der Waals surface area contributed by atoms with Gasteiger partial charge in [-0.1, -0.05) is 12.1 Å². The van der Waals surface area contributed by atoms with E-state index < -0.39 is 0 Å². The van der Waals surface area contributed by atoms with Crippen molar-refractivity contribution < 1.29 is 9.90 Å². The van der Waals surface area contributed by atoms with Crippen molar-refractivity contribution in [3.8, 4) is 17.1 Å². The first-order valence-corrected chi connectivity index (χ1v) is 11.1. The number of anilines is 1. The lowest BCUT2D eigenvalue weighted by molar-refractivity contribution is -0.131. The third kappa shape index (κ3) is 3.68. The van der Waals surface area contributed by atoms with E-state index in [1.165, 1.54) is 5.56 Å². The van der Waals surface area contributed by atoms with Gasteiger partial charge < -0.3 is 15.3 Å². The number of pyridine rings is 1. The predicted molar refractivity (Wildman–Crippen MR) is 122 cm³/mol. The molecule has 7 nitrogen and oxygen atoms in total. The maximum atomic E-state index is 13.2. The van der Waals surface area contributed by atoms with Gasteiger partial charge in [0.2, 0.25) is 5.91 Å². The van der Waals surface area contributed by atoms with E-state index in [0.29, 0.717) is 12.4 Å². The highest BCUT2D eigenvalue weighted by atomic mass is 16.3. The lowest BCUT2D eigenvalue weighted by Gasteiger charge is -2.36. The second-order valence-electron chi connectivity index (χ2n) is 8.93. The quantitative estimate of drug-likeness (QED) is 0.660. The van der Waals surface area contributed by atoms with Gasteiger partial charge in [-0.2, -0.15) is 0 Å². The molecule has 0 unspecified atom stereocenters. The van der Waals surface area contributed by atoms with Crippen LogP contribution < -0.4 is 5.32 Å². The van der Waals surface area contributed by atoms with E-state index >= 15 is 0 Å². The summed E-state index contributed by atoms with van der Waals surface area (Å²) in [7, 11) is 0. The van der Waals surface area contributed by atoms with Gasteiger partial charge in [0.25, 0.3) is 0 Å². The van der Waals surface area contributed by atoms with Crippen LogP contribution in [0.2, 0.25) is 0 Å². The monoisotopic (exact) mass is 429 g/mol. The zero-order valence-corrected chi connectivity index (χ0v) is 18.4. The summed E-state index contributed by atoms with van der Waals surface area (Å²) in [5.74, 6) is 1.70. The number of benzene rings is 1. The van der Waals surface area contributed by atoms with Crippen LogP contribution >= 0.6 is 0 Å². The van der Waals surface area contributed by atoms with Crippen molar-refractivity contribution >= 4 is 11.7 Å². The fraction of sp³-hybridized carbons (Fsp3) is 0.360. The number of carbonyl (C=O) groups is 1. The summed E-state index contributed by atoms with van der Waals surface area (Å²) in [6, 6.07) is 10.9. The van der Waals surface area contributed by atoms with Crippen LogP contribution in [0.3, 0.4) is 0 Å². The van der Waals surface area contributed by atoms with Crippen molar-refractivity contribution in [1.82, 2.24) is 19.9 Å². The highest BCUT2D eigenvalue weighted by Gasteiger charge is 2.43. The first kappa shape index (κ1) is 20.4. The predicted octanol–water partition coefficient (Wildman–Crippen LogP) is 3.69. The van der Waals surface area contributed by atoms with Crippen LogP contribution in [0.5, 0.6) is 5.75 Å². The highest BCUT2D eigenvalue weighted by Crippen LogP contribution is 2.38. The van der Waals surface area contributed by atoms with E-state index in [-0.39, 0.29) is 23.1 Å². The molecular formula is C25H27N5O2. The lowest BCUT2D eigenvalue weighted by Crippen LogP contribution is -2.46. The standard InChI is InChI=1S/C25H27N5O2/c1-16(18-4-6-20(31)7-5-18)24(32)30-13-10-25(15-30)9-8-19-14-21(17(2)28-22(19)29-25)23-26-11-3-12-27-23/h3-7,11-12,14,16,31H,8-10,13,15H2,1-2H3,(H,28,29)/t16-,25+/m1/s1. The normalized spacial score (nSPS) is 20.6. The largest absolute Gasteiger partial charge is 0.508 e. The van der Waals surface area contributed by atoms with Crippen LogP contribution in [0.25, 0.3) is 11.4 Å². The molecule has 1 aromatic carbocycles. The number of nitrogens with one attached hydrogen (secondary N) is 1. The van der Waals surface area contributed by atoms with E-state index in [0.717, 1.165) is 48.4 Å². The van der Waals surface area contributed by atoms with Crippen LogP contribution in [-0.4, -0.2) is 49.5 Å². The smallest absolute Gasteiger partial charge is 0.229 e. The van der Waals surface area contributed by atoms with Crippen LogP contribution in [-0.2, 0) is 11.2 Å². The van der Waals surface area contributed by atoms with Crippen molar-refractivity contribution in [3.63, 3.8) is 0 Å². The van der Waals surface area contributed by atoms with Gasteiger partial charge in [0.15, 0.2) is 5.82 Å². The van der Waals surface area contributed by atoms with Gasteiger partial charge >= 0.3 is 0 Å². The number of hydrogen-bond donors (Lipinski definition) is 2. The molecule has 4 heterocycles. The number of likely N-dealkylation sites (tertiary alicyclic amines) is 1. The molecule has 1 saturated heterocycles. The molecule has 5 rings (SSSR count). The molecule has 7 heteroatoms. The third-order valence-electron chi connectivity index (χ3n) is 6.78. The van der Waals surface area contributed by atoms with Crippen molar-refractivity contribution in [1.29, 1.82) is 0 Å². The fourth-order valence-corrected chi connectivity index (χ4v) is 4.84. The number of carbonyl (C=O) groups excluding carboxylic acids is 1. The molecule has 1 fully saturated rings. The van der Waals surface area contributed by atoms with Gasteiger partial charge in [-0.3, -0.25) is 4.79 Å². The molecule has 2 aliphatic rings. The number of hydrogen-bond acceptors (Lipinski definition) is 6. The molecule has 0 saturated carbocycles. The Bertz CT molecular complexity index is 1150. The maximum absolute atomic E-state index is 13.2. The molecule has 164 valence electrons. The number of phenols is 1. The average molecular weight is 430 g/mol. The molecule has 0 bridgehead atoms. The van der Waals surface area contributed by atoms with Crippen molar-refractivity contribution in [2.45, 2.75) is 44.6 Å². The number of nitrogens with zero attached hydrogens (tertiary/aromatic N) is 4. The zero-order valence-electron chi connectivity index (χ0n) is 18.4. The Labute approximate surface area is 187 Å². The maximum Gasteiger partial charge on any atom is 0.229 e. The number of rotatable bonds is 3. The van der Waals surface area contributed by atoms with Crippen molar-refractivity contribution in [2.24, 2.45) is 0 Å². The minimum atomic E-state index is -0.240. The molecule has 3 aromatic rings. The third-order valence-corrected chi connectivity index (χ3v) is 6.78. The number of amides is 1. The minimum Gasteiger partial charge on any atom is -0.508 e. The molecule has 2 atom stereocenters. The number of aromatic nitrogens is 3. The molecule has 1 amide bonds. The van der Waals surface area contributed by atoms with E-state index in [9.17, 15) is 9.90 Å². The molecule has 0 aliphatic carbocycles. The van der Waals surface area contributed by atoms with E-state index in [2.05, 4.69) is 21.4 Å². The van der Waals surface area contributed by atoms with Crippen LogP contribution in [0.15, 0.2) is 48.8 Å². The van der Waals surface area contributed by atoms with Crippen LogP contribution in [0.1, 0.15) is 42.5 Å². The molecule has 2 aliphatic heterocycles. The van der Waals surface area contributed by atoms with Crippen LogP contribution in [0.4, 0.5) is 5.82 Å². The SMILES string of the molecule is Cc1nc2c(cc1-c1ncccn1)CC[C@@]1(CCN(C(=O)[C@H](C)c3ccc(O)cc3)C1)N2. The number of phenolic OH excluding ortho intramolecular Hbond substituents is 1. The minimum absolute atomic E-state index is 0.126.